The quantitative estimate of drug-likeness (QED) is 0.741. The number of rotatable bonds is 2. The molecule has 0 bridgehead atoms. The molecule has 1 aliphatic rings. The SMILES string of the molecule is CCn1cc(C2CCCCN2)nn1. The van der Waals surface area contributed by atoms with Crippen LogP contribution in [0, 0.1) is 0 Å². The lowest BCUT2D eigenvalue weighted by Crippen LogP contribution is -2.27. The average Bonchev–Trinajstić information content (AvgIpc) is 2.67. The van der Waals surface area contributed by atoms with E-state index in [-0.39, 0.29) is 0 Å². The lowest BCUT2D eigenvalue weighted by molar-refractivity contribution is 0.405. The molecule has 4 nitrogen and oxygen atoms in total. The molecule has 2 rings (SSSR count). The van der Waals surface area contributed by atoms with E-state index in [1.165, 1.54) is 19.3 Å². The normalized spacial score (nSPS) is 23.3. The molecular weight excluding hydrogens is 164 g/mol. The summed E-state index contributed by atoms with van der Waals surface area (Å²) in [6, 6.07) is 0.439. The largest absolute Gasteiger partial charge is 0.309 e. The smallest absolute Gasteiger partial charge is 0.0996 e. The average molecular weight is 180 g/mol. The van der Waals surface area contributed by atoms with Crippen molar-refractivity contribution in [2.45, 2.75) is 38.8 Å². The maximum absolute atomic E-state index is 4.16. The van der Waals surface area contributed by atoms with Crippen LogP contribution in [0.4, 0.5) is 0 Å². The van der Waals surface area contributed by atoms with Gasteiger partial charge in [-0.1, -0.05) is 11.6 Å². The van der Waals surface area contributed by atoms with E-state index in [0.29, 0.717) is 6.04 Å². The molecule has 0 amide bonds. The van der Waals surface area contributed by atoms with Crippen molar-refractivity contribution in [1.29, 1.82) is 0 Å². The summed E-state index contributed by atoms with van der Waals surface area (Å²) in [4.78, 5) is 0. The first-order valence-corrected chi connectivity index (χ1v) is 5.03. The van der Waals surface area contributed by atoms with Crippen molar-refractivity contribution in [2.24, 2.45) is 0 Å². The Morgan fingerprint density at radius 3 is 3.15 bits per heavy atom. The Morgan fingerprint density at radius 1 is 1.62 bits per heavy atom. The van der Waals surface area contributed by atoms with Crippen LogP contribution < -0.4 is 5.32 Å². The number of aryl methyl sites for hydroxylation is 1. The highest BCUT2D eigenvalue weighted by Crippen LogP contribution is 2.20. The van der Waals surface area contributed by atoms with Gasteiger partial charge in [0.1, 0.15) is 0 Å². The summed E-state index contributed by atoms with van der Waals surface area (Å²) in [6.45, 7) is 4.09. The van der Waals surface area contributed by atoms with Gasteiger partial charge in [-0.25, -0.2) is 0 Å². The van der Waals surface area contributed by atoms with Crippen molar-refractivity contribution in [1.82, 2.24) is 20.3 Å². The van der Waals surface area contributed by atoms with Gasteiger partial charge < -0.3 is 5.32 Å². The van der Waals surface area contributed by atoms with E-state index in [2.05, 4.69) is 22.6 Å². The van der Waals surface area contributed by atoms with E-state index in [4.69, 9.17) is 0 Å². The fraction of sp³-hybridized carbons (Fsp3) is 0.778. The summed E-state index contributed by atoms with van der Waals surface area (Å²) >= 11 is 0. The van der Waals surface area contributed by atoms with Crippen LogP contribution >= 0.6 is 0 Å². The molecular formula is C9H16N4. The Hall–Kier alpha value is -0.900. The third kappa shape index (κ3) is 1.88. The zero-order chi connectivity index (χ0) is 9.10. The molecule has 1 atom stereocenters. The van der Waals surface area contributed by atoms with Gasteiger partial charge in [-0.3, -0.25) is 4.68 Å². The predicted octanol–water partition coefficient (Wildman–Crippen LogP) is 1.11. The zero-order valence-corrected chi connectivity index (χ0v) is 8.03. The predicted molar refractivity (Wildman–Crippen MR) is 50.3 cm³/mol. The lowest BCUT2D eigenvalue weighted by atomic mass is 10.0. The van der Waals surface area contributed by atoms with Crippen LogP contribution in [0.3, 0.4) is 0 Å². The molecule has 1 aromatic rings. The molecule has 0 spiro atoms. The molecule has 13 heavy (non-hydrogen) atoms. The molecule has 1 saturated heterocycles. The third-order valence-corrected chi connectivity index (χ3v) is 2.55. The highest BCUT2D eigenvalue weighted by molar-refractivity contribution is 5.01. The maximum Gasteiger partial charge on any atom is 0.0996 e. The zero-order valence-electron chi connectivity index (χ0n) is 8.03. The van der Waals surface area contributed by atoms with Crippen LogP contribution in [-0.4, -0.2) is 21.5 Å². The highest BCUT2D eigenvalue weighted by Gasteiger charge is 2.17. The van der Waals surface area contributed by atoms with Crippen LogP contribution in [0.1, 0.15) is 37.9 Å². The minimum absolute atomic E-state index is 0.439. The van der Waals surface area contributed by atoms with E-state index >= 15 is 0 Å². The van der Waals surface area contributed by atoms with Crippen molar-refractivity contribution in [2.75, 3.05) is 6.54 Å². The molecule has 0 saturated carbocycles. The first-order chi connectivity index (χ1) is 6.40. The summed E-state index contributed by atoms with van der Waals surface area (Å²) in [5.74, 6) is 0. The summed E-state index contributed by atoms with van der Waals surface area (Å²) in [5, 5.41) is 11.7. The van der Waals surface area contributed by atoms with Crippen molar-refractivity contribution in [3.8, 4) is 0 Å². The third-order valence-electron chi connectivity index (χ3n) is 2.55. The second-order valence-corrected chi connectivity index (χ2v) is 3.50. The first kappa shape index (κ1) is 8.69. The van der Waals surface area contributed by atoms with Gasteiger partial charge in [-0.05, 0) is 26.3 Å². The number of hydrogen-bond acceptors (Lipinski definition) is 3. The Morgan fingerprint density at radius 2 is 2.54 bits per heavy atom. The van der Waals surface area contributed by atoms with Gasteiger partial charge in [0.05, 0.1) is 17.9 Å². The first-order valence-electron chi connectivity index (χ1n) is 5.03. The van der Waals surface area contributed by atoms with E-state index in [9.17, 15) is 0 Å². The van der Waals surface area contributed by atoms with Gasteiger partial charge >= 0.3 is 0 Å². The Bertz CT molecular complexity index is 262. The standard InChI is InChI=1S/C9H16N4/c1-2-13-7-9(11-12-13)8-5-3-4-6-10-8/h7-8,10H,2-6H2,1H3. The minimum atomic E-state index is 0.439. The van der Waals surface area contributed by atoms with Crippen LogP contribution in [0.2, 0.25) is 0 Å². The summed E-state index contributed by atoms with van der Waals surface area (Å²) in [6.07, 6.45) is 5.83. The second-order valence-electron chi connectivity index (χ2n) is 3.50. The molecule has 72 valence electrons. The number of aromatic nitrogens is 3. The number of piperidine rings is 1. The topological polar surface area (TPSA) is 42.7 Å². The van der Waals surface area contributed by atoms with E-state index in [1.54, 1.807) is 0 Å². The molecule has 1 unspecified atom stereocenters. The van der Waals surface area contributed by atoms with Gasteiger partial charge in [0.2, 0.25) is 0 Å². The maximum atomic E-state index is 4.16. The van der Waals surface area contributed by atoms with Gasteiger partial charge in [0, 0.05) is 6.54 Å². The van der Waals surface area contributed by atoms with Crippen molar-refractivity contribution >= 4 is 0 Å². The Kier molecular flexibility index (Phi) is 2.59. The Labute approximate surface area is 78.3 Å². The molecule has 4 heteroatoms. The van der Waals surface area contributed by atoms with Gasteiger partial charge in [-0.15, -0.1) is 5.10 Å². The van der Waals surface area contributed by atoms with E-state index in [1.807, 2.05) is 10.9 Å². The molecule has 0 aromatic carbocycles. The highest BCUT2D eigenvalue weighted by atomic mass is 15.4. The van der Waals surface area contributed by atoms with E-state index in [0.717, 1.165) is 18.8 Å². The molecule has 0 radical (unpaired) electrons. The lowest BCUT2D eigenvalue weighted by Gasteiger charge is -2.20. The van der Waals surface area contributed by atoms with Crippen LogP contribution in [0.5, 0.6) is 0 Å². The fourth-order valence-electron chi connectivity index (χ4n) is 1.73. The van der Waals surface area contributed by atoms with Gasteiger partial charge in [0.15, 0.2) is 0 Å². The van der Waals surface area contributed by atoms with E-state index < -0.39 is 0 Å². The fourth-order valence-corrected chi connectivity index (χ4v) is 1.73. The van der Waals surface area contributed by atoms with Gasteiger partial charge in [0.25, 0.3) is 0 Å². The van der Waals surface area contributed by atoms with Crippen LogP contribution in [0.25, 0.3) is 0 Å². The molecule has 2 heterocycles. The second kappa shape index (κ2) is 3.87. The summed E-state index contributed by atoms with van der Waals surface area (Å²) < 4.78 is 1.88. The van der Waals surface area contributed by atoms with Crippen molar-refractivity contribution in [3.63, 3.8) is 0 Å². The monoisotopic (exact) mass is 180 g/mol. The van der Waals surface area contributed by atoms with Crippen molar-refractivity contribution in [3.05, 3.63) is 11.9 Å². The number of nitrogens with zero attached hydrogens (tertiary/aromatic N) is 3. The molecule has 1 aromatic heterocycles. The summed E-state index contributed by atoms with van der Waals surface area (Å²) in [7, 11) is 0. The molecule has 0 aliphatic carbocycles. The van der Waals surface area contributed by atoms with Crippen LogP contribution in [0.15, 0.2) is 6.20 Å². The number of hydrogen-bond donors (Lipinski definition) is 1. The molecule has 1 aliphatic heterocycles. The van der Waals surface area contributed by atoms with Crippen molar-refractivity contribution < 1.29 is 0 Å². The summed E-state index contributed by atoms with van der Waals surface area (Å²) in [5.41, 5.74) is 1.10. The molecule has 1 fully saturated rings. The minimum Gasteiger partial charge on any atom is -0.309 e. The van der Waals surface area contributed by atoms with Crippen LogP contribution in [-0.2, 0) is 6.54 Å². The molecule has 1 N–H and O–H groups in total. The van der Waals surface area contributed by atoms with Gasteiger partial charge in [-0.2, -0.15) is 0 Å². The number of nitrogens with one attached hydrogen (secondary N) is 1. The Balaban J connectivity index is 2.05.